The summed E-state index contributed by atoms with van der Waals surface area (Å²) in [6.07, 6.45) is 10.9. The Morgan fingerprint density at radius 2 is 1.18 bits per heavy atom. The predicted molar refractivity (Wildman–Crippen MR) is 112 cm³/mol. The van der Waals surface area contributed by atoms with Gasteiger partial charge in [-0.3, -0.25) is 9.97 Å². The predicted octanol–water partition coefficient (Wildman–Crippen LogP) is 5.02. The first-order valence-corrected chi connectivity index (χ1v) is 9.88. The number of H-pyrrole nitrogens is 2. The molecule has 7 rings (SSSR count). The maximum atomic E-state index is 4.98. The molecule has 0 radical (unpaired) electrons. The average molecular weight is 362 g/mol. The van der Waals surface area contributed by atoms with Gasteiger partial charge >= 0.3 is 0 Å². The van der Waals surface area contributed by atoms with Gasteiger partial charge in [-0.25, -0.2) is 0 Å². The molecule has 0 saturated heterocycles. The molecule has 28 heavy (non-hydrogen) atoms. The fourth-order valence-corrected chi connectivity index (χ4v) is 4.95. The summed E-state index contributed by atoms with van der Waals surface area (Å²) in [6.45, 7) is 0. The molecule has 0 saturated carbocycles. The SMILES string of the molecule is C1=CC2Cc3cc4ccc([nH]4)c4c5nc(cc6ccc([nH]6)c1c2n3)CC5C=C4. The number of fused-ring (bicyclic) bond motifs is 8. The van der Waals surface area contributed by atoms with Crippen molar-refractivity contribution < 1.29 is 0 Å². The van der Waals surface area contributed by atoms with E-state index < -0.39 is 0 Å². The number of nitrogens with zero attached hydrogens (tertiary/aromatic N) is 2. The molecule has 4 heteroatoms. The lowest BCUT2D eigenvalue weighted by atomic mass is 10.1. The van der Waals surface area contributed by atoms with E-state index in [1.807, 2.05) is 0 Å². The van der Waals surface area contributed by atoms with E-state index in [-0.39, 0.29) is 0 Å². The Morgan fingerprint density at radius 1 is 0.679 bits per heavy atom. The highest BCUT2D eigenvalue weighted by Crippen LogP contribution is 2.37. The molecule has 134 valence electrons. The van der Waals surface area contributed by atoms with E-state index in [9.17, 15) is 0 Å². The minimum absolute atomic E-state index is 0.394. The fraction of sp³-hybridized carbons (Fsp3) is 0.167. The molecule has 3 aromatic heterocycles. The van der Waals surface area contributed by atoms with E-state index in [0.29, 0.717) is 11.8 Å². The maximum absolute atomic E-state index is 4.98. The monoisotopic (exact) mass is 362 g/mol. The van der Waals surface area contributed by atoms with Crippen LogP contribution in [0.15, 0.2) is 48.6 Å². The van der Waals surface area contributed by atoms with Gasteiger partial charge in [0.15, 0.2) is 0 Å². The summed E-state index contributed by atoms with van der Waals surface area (Å²) >= 11 is 0. The molecular formula is C24H18N4. The minimum Gasteiger partial charge on any atom is -0.355 e. The van der Waals surface area contributed by atoms with E-state index in [1.165, 1.54) is 22.5 Å². The van der Waals surface area contributed by atoms with E-state index in [2.05, 4.69) is 70.7 Å². The van der Waals surface area contributed by atoms with Crippen LogP contribution in [0, 0.1) is 0 Å². The van der Waals surface area contributed by atoms with Crippen molar-refractivity contribution in [1.29, 1.82) is 0 Å². The zero-order valence-electron chi connectivity index (χ0n) is 15.2. The van der Waals surface area contributed by atoms with Gasteiger partial charge in [-0.15, -0.1) is 0 Å². The Bertz CT molecular complexity index is 1280. The first-order valence-electron chi connectivity index (χ1n) is 9.88. The second-order valence-electron chi connectivity index (χ2n) is 8.09. The van der Waals surface area contributed by atoms with Gasteiger partial charge in [-0.2, -0.15) is 0 Å². The summed E-state index contributed by atoms with van der Waals surface area (Å²) in [7, 11) is 0. The van der Waals surface area contributed by atoms with Crippen molar-refractivity contribution in [3.63, 3.8) is 0 Å². The normalized spacial score (nSPS) is 21.0. The van der Waals surface area contributed by atoms with Crippen LogP contribution in [0.4, 0.5) is 0 Å². The quantitative estimate of drug-likeness (QED) is 0.590. The third-order valence-electron chi connectivity index (χ3n) is 6.27. The van der Waals surface area contributed by atoms with Crippen LogP contribution in [-0.2, 0) is 12.8 Å². The van der Waals surface area contributed by atoms with Crippen LogP contribution < -0.4 is 0 Å². The molecule has 4 nitrogen and oxygen atoms in total. The molecule has 0 fully saturated rings. The lowest BCUT2D eigenvalue weighted by Gasteiger charge is -1.97. The van der Waals surface area contributed by atoms with Crippen LogP contribution in [0.3, 0.4) is 0 Å². The third kappa shape index (κ3) is 2.00. The standard InChI is InChI=1S/C24H18N4/c1-5-19-21-7-3-16(25-21)12-18-10-14-2-6-20(24(14)28-18)22-8-4-15(26-22)11-17-9-13(1)23(19)27-17/h1-8,11-14,25-26H,9-10H2. The number of aromatic nitrogens is 4. The molecule has 4 aliphatic rings. The smallest absolute Gasteiger partial charge is 0.0572 e. The van der Waals surface area contributed by atoms with E-state index >= 15 is 0 Å². The summed E-state index contributed by atoms with van der Waals surface area (Å²) < 4.78 is 0. The Morgan fingerprint density at radius 3 is 1.68 bits per heavy atom. The van der Waals surface area contributed by atoms with Gasteiger partial charge in [-0.05, 0) is 36.4 Å². The average Bonchev–Trinajstić information content (AvgIpc) is 3.44. The summed E-state index contributed by atoms with van der Waals surface area (Å²) in [4.78, 5) is 17.1. The van der Waals surface area contributed by atoms with Crippen LogP contribution >= 0.6 is 0 Å². The highest BCUT2D eigenvalue weighted by Gasteiger charge is 2.26. The molecular weight excluding hydrogens is 344 g/mol. The topological polar surface area (TPSA) is 57.4 Å². The molecule has 2 atom stereocenters. The molecule has 5 heterocycles. The largest absolute Gasteiger partial charge is 0.355 e. The van der Waals surface area contributed by atoms with Gasteiger partial charge in [-0.1, -0.05) is 24.3 Å². The zero-order valence-corrected chi connectivity index (χ0v) is 15.2. The molecule has 2 aliphatic carbocycles. The van der Waals surface area contributed by atoms with Crippen molar-refractivity contribution in [1.82, 2.24) is 19.9 Å². The van der Waals surface area contributed by atoms with Crippen LogP contribution in [0.2, 0.25) is 0 Å². The van der Waals surface area contributed by atoms with E-state index in [0.717, 1.165) is 46.3 Å². The molecule has 0 aromatic carbocycles. The van der Waals surface area contributed by atoms with E-state index in [4.69, 9.17) is 9.97 Å². The summed E-state index contributed by atoms with van der Waals surface area (Å²) in [5.74, 6) is 0.789. The summed E-state index contributed by atoms with van der Waals surface area (Å²) in [5, 5.41) is 0. The third-order valence-corrected chi connectivity index (χ3v) is 6.27. The van der Waals surface area contributed by atoms with Crippen LogP contribution in [0.5, 0.6) is 0 Å². The summed E-state index contributed by atoms with van der Waals surface area (Å²) in [5.41, 5.74) is 11.6. The first-order chi connectivity index (χ1) is 13.8. The molecule has 3 aromatic rings. The number of allylic oxidation sites excluding steroid dienone is 2. The van der Waals surface area contributed by atoms with Crippen LogP contribution in [0.25, 0.3) is 34.2 Å². The van der Waals surface area contributed by atoms with Crippen molar-refractivity contribution in [3.05, 3.63) is 82.5 Å². The van der Waals surface area contributed by atoms with Gasteiger partial charge in [0, 0.05) is 69.3 Å². The van der Waals surface area contributed by atoms with Gasteiger partial charge in [0.25, 0.3) is 0 Å². The summed E-state index contributed by atoms with van der Waals surface area (Å²) in [6, 6.07) is 13.0. The van der Waals surface area contributed by atoms with Crippen molar-refractivity contribution in [2.75, 3.05) is 0 Å². The highest BCUT2D eigenvalue weighted by atomic mass is 14.8. The second-order valence-corrected chi connectivity index (χ2v) is 8.09. The Labute approximate surface area is 161 Å². The van der Waals surface area contributed by atoms with Crippen molar-refractivity contribution in [2.45, 2.75) is 24.7 Å². The molecule has 2 aliphatic heterocycles. The Hall–Kier alpha value is -3.40. The minimum atomic E-state index is 0.394. The molecule has 2 N–H and O–H groups in total. The van der Waals surface area contributed by atoms with E-state index in [1.54, 1.807) is 0 Å². The maximum Gasteiger partial charge on any atom is 0.0572 e. The van der Waals surface area contributed by atoms with Crippen molar-refractivity contribution in [2.24, 2.45) is 0 Å². The molecule has 0 spiro atoms. The van der Waals surface area contributed by atoms with Gasteiger partial charge in [0.05, 0.1) is 11.4 Å². The van der Waals surface area contributed by atoms with Crippen LogP contribution in [0.1, 0.15) is 45.7 Å². The second kappa shape index (κ2) is 5.10. The molecule has 2 unspecified atom stereocenters. The lowest BCUT2D eigenvalue weighted by Crippen LogP contribution is -1.88. The lowest BCUT2D eigenvalue weighted by molar-refractivity contribution is 0.898. The molecule has 0 amide bonds. The van der Waals surface area contributed by atoms with Crippen molar-refractivity contribution in [3.8, 4) is 0 Å². The number of rotatable bonds is 0. The Kier molecular flexibility index (Phi) is 2.67. The van der Waals surface area contributed by atoms with Gasteiger partial charge in [0.1, 0.15) is 0 Å². The number of aromatic amines is 2. The fourth-order valence-electron chi connectivity index (χ4n) is 4.95. The Balaban J connectivity index is 1.61. The number of hydrogen-bond acceptors (Lipinski definition) is 2. The zero-order chi connectivity index (χ0) is 18.2. The van der Waals surface area contributed by atoms with Gasteiger partial charge in [0.2, 0.25) is 0 Å². The number of nitrogens with one attached hydrogen (secondary N) is 2. The van der Waals surface area contributed by atoms with Crippen molar-refractivity contribution >= 4 is 34.2 Å². The highest BCUT2D eigenvalue weighted by molar-refractivity contribution is 5.79. The first kappa shape index (κ1) is 14.6. The van der Waals surface area contributed by atoms with Gasteiger partial charge < -0.3 is 9.97 Å². The van der Waals surface area contributed by atoms with Crippen LogP contribution in [-0.4, -0.2) is 19.9 Å². The molecule has 8 bridgehead atoms. The number of hydrogen-bond donors (Lipinski definition) is 2.